The van der Waals surface area contributed by atoms with Gasteiger partial charge in [-0.25, -0.2) is 0 Å². The molecule has 0 heterocycles. The lowest BCUT2D eigenvalue weighted by Gasteiger charge is -2.24. The van der Waals surface area contributed by atoms with Crippen LogP contribution in [0.4, 0.5) is 0 Å². The predicted octanol–water partition coefficient (Wildman–Crippen LogP) is 1.87. The topological polar surface area (TPSA) is 29.1 Å². The minimum atomic E-state index is 0.0573. The number of amides is 1. The van der Waals surface area contributed by atoms with Crippen molar-refractivity contribution in [2.75, 3.05) is 6.54 Å². The minimum absolute atomic E-state index is 0.0573. The largest absolute Gasteiger partial charge is 0.352 e. The fraction of sp³-hybridized carbons (Fsp3) is 0.700. The molecular formula is C10H17NO. The average Bonchev–Trinajstić information content (AvgIpc) is 1.81. The van der Waals surface area contributed by atoms with Crippen molar-refractivity contribution in [2.24, 2.45) is 5.92 Å². The van der Waals surface area contributed by atoms with E-state index in [4.69, 9.17) is 0 Å². The molecule has 0 atom stereocenters. The summed E-state index contributed by atoms with van der Waals surface area (Å²) in [7, 11) is 0. The van der Waals surface area contributed by atoms with Crippen LogP contribution in [0.15, 0.2) is 11.6 Å². The highest BCUT2D eigenvalue weighted by atomic mass is 16.1. The lowest BCUT2D eigenvalue weighted by atomic mass is 9.85. The Balaban J connectivity index is 2.13. The number of hydrogen-bond acceptors (Lipinski definition) is 1. The van der Waals surface area contributed by atoms with Gasteiger partial charge >= 0.3 is 0 Å². The van der Waals surface area contributed by atoms with Gasteiger partial charge in [-0.2, -0.15) is 0 Å². The maximum absolute atomic E-state index is 11.1. The van der Waals surface area contributed by atoms with E-state index < -0.39 is 0 Å². The molecule has 0 saturated heterocycles. The molecule has 68 valence electrons. The third-order valence-corrected chi connectivity index (χ3v) is 2.21. The van der Waals surface area contributed by atoms with Gasteiger partial charge in [-0.3, -0.25) is 4.79 Å². The first-order chi connectivity index (χ1) is 5.68. The molecule has 0 aliphatic heterocycles. The second kappa shape index (κ2) is 4.29. The van der Waals surface area contributed by atoms with Crippen LogP contribution in [0, 0.1) is 5.92 Å². The van der Waals surface area contributed by atoms with E-state index in [0.717, 1.165) is 18.0 Å². The van der Waals surface area contributed by atoms with E-state index in [2.05, 4.69) is 5.32 Å². The number of hydrogen-bond donors (Lipinski definition) is 1. The van der Waals surface area contributed by atoms with E-state index in [-0.39, 0.29) is 5.91 Å². The predicted molar refractivity (Wildman–Crippen MR) is 49.8 cm³/mol. The molecule has 0 aromatic rings. The molecule has 1 rings (SSSR count). The van der Waals surface area contributed by atoms with Crippen LogP contribution < -0.4 is 5.32 Å². The fourth-order valence-electron chi connectivity index (χ4n) is 1.26. The van der Waals surface area contributed by atoms with E-state index in [1.807, 2.05) is 13.8 Å². The van der Waals surface area contributed by atoms with Crippen LogP contribution in [0.2, 0.25) is 0 Å². The molecule has 2 heteroatoms. The maximum Gasteiger partial charge on any atom is 0.243 e. The Morgan fingerprint density at radius 1 is 1.50 bits per heavy atom. The van der Waals surface area contributed by atoms with Gasteiger partial charge in [-0.1, -0.05) is 12.0 Å². The summed E-state index contributed by atoms with van der Waals surface area (Å²) in [6.45, 7) is 4.73. The van der Waals surface area contributed by atoms with E-state index in [9.17, 15) is 4.79 Å². The summed E-state index contributed by atoms with van der Waals surface area (Å²) in [6, 6.07) is 0. The van der Waals surface area contributed by atoms with Gasteiger partial charge in [0.2, 0.25) is 5.91 Å². The Morgan fingerprint density at radius 3 is 2.58 bits per heavy atom. The summed E-state index contributed by atoms with van der Waals surface area (Å²) in [5.74, 6) is 0.807. The number of allylic oxidation sites excluding steroid dienone is 1. The Labute approximate surface area is 74.0 Å². The molecule has 0 unspecified atom stereocenters. The van der Waals surface area contributed by atoms with Gasteiger partial charge in [-0.15, -0.1) is 0 Å². The summed E-state index contributed by atoms with van der Waals surface area (Å²) in [5, 5.41) is 2.90. The molecule has 0 radical (unpaired) electrons. The van der Waals surface area contributed by atoms with Gasteiger partial charge < -0.3 is 5.32 Å². The molecule has 0 spiro atoms. The lowest BCUT2D eigenvalue weighted by molar-refractivity contribution is -0.116. The molecule has 1 N–H and O–H groups in total. The van der Waals surface area contributed by atoms with E-state index in [0.29, 0.717) is 0 Å². The summed E-state index contributed by atoms with van der Waals surface area (Å²) in [6.07, 6.45) is 5.56. The van der Waals surface area contributed by atoms with Gasteiger partial charge in [-0.05, 0) is 32.6 Å². The quantitative estimate of drug-likeness (QED) is 0.639. The molecular weight excluding hydrogens is 150 g/mol. The molecule has 1 aliphatic rings. The maximum atomic E-state index is 11.1. The van der Waals surface area contributed by atoms with Crippen molar-refractivity contribution in [2.45, 2.75) is 33.1 Å². The summed E-state index contributed by atoms with van der Waals surface area (Å²) >= 11 is 0. The monoisotopic (exact) mass is 167 g/mol. The van der Waals surface area contributed by atoms with Crippen LogP contribution in [0.5, 0.6) is 0 Å². The van der Waals surface area contributed by atoms with E-state index in [1.54, 1.807) is 6.08 Å². The van der Waals surface area contributed by atoms with Crippen molar-refractivity contribution >= 4 is 5.91 Å². The SMILES string of the molecule is CC(C)=CC(=O)NCC1CCC1. The molecule has 12 heavy (non-hydrogen) atoms. The highest BCUT2D eigenvalue weighted by molar-refractivity contribution is 5.87. The zero-order chi connectivity index (χ0) is 8.97. The van der Waals surface area contributed by atoms with Crippen molar-refractivity contribution < 1.29 is 4.79 Å². The Kier molecular flexibility index (Phi) is 3.32. The normalized spacial score (nSPS) is 16.5. The summed E-state index contributed by atoms with van der Waals surface area (Å²) < 4.78 is 0. The molecule has 0 aromatic heterocycles. The smallest absolute Gasteiger partial charge is 0.243 e. The number of carbonyl (C=O) groups excluding carboxylic acids is 1. The Morgan fingerprint density at radius 2 is 2.17 bits per heavy atom. The first-order valence-electron chi connectivity index (χ1n) is 4.61. The second-order valence-electron chi connectivity index (χ2n) is 3.76. The van der Waals surface area contributed by atoms with Crippen molar-refractivity contribution in [3.63, 3.8) is 0 Å². The summed E-state index contributed by atoms with van der Waals surface area (Å²) in [4.78, 5) is 11.1. The molecule has 1 saturated carbocycles. The molecule has 2 nitrogen and oxygen atoms in total. The first-order valence-corrected chi connectivity index (χ1v) is 4.61. The molecule has 1 fully saturated rings. The van der Waals surface area contributed by atoms with Gasteiger partial charge in [0.1, 0.15) is 0 Å². The van der Waals surface area contributed by atoms with Crippen molar-refractivity contribution in [3.05, 3.63) is 11.6 Å². The van der Waals surface area contributed by atoms with E-state index in [1.165, 1.54) is 19.3 Å². The minimum Gasteiger partial charge on any atom is -0.352 e. The number of rotatable bonds is 3. The molecule has 0 aromatic carbocycles. The third kappa shape index (κ3) is 3.07. The summed E-state index contributed by atoms with van der Waals surface area (Å²) in [5.41, 5.74) is 1.06. The van der Waals surface area contributed by atoms with Gasteiger partial charge in [0.15, 0.2) is 0 Å². The van der Waals surface area contributed by atoms with Crippen LogP contribution in [0.25, 0.3) is 0 Å². The Bertz CT molecular complexity index is 188. The molecule has 1 amide bonds. The third-order valence-electron chi connectivity index (χ3n) is 2.21. The zero-order valence-corrected chi connectivity index (χ0v) is 7.89. The van der Waals surface area contributed by atoms with Crippen molar-refractivity contribution in [1.29, 1.82) is 0 Å². The lowest BCUT2D eigenvalue weighted by Crippen LogP contribution is -2.31. The molecule has 0 bridgehead atoms. The van der Waals surface area contributed by atoms with Gasteiger partial charge in [0, 0.05) is 12.6 Å². The second-order valence-corrected chi connectivity index (χ2v) is 3.76. The van der Waals surface area contributed by atoms with Crippen LogP contribution in [0.3, 0.4) is 0 Å². The highest BCUT2D eigenvalue weighted by Gasteiger charge is 2.17. The van der Waals surface area contributed by atoms with Crippen molar-refractivity contribution in [3.8, 4) is 0 Å². The Hall–Kier alpha value is -0.790. The van der Waals surface area contributed by atoms with E-state index >= 15 is 0 Å². The fourth-order valence-corrected chi connectivity index (χ4v) is 1.26. The molecule has 1 aliphatic carbocycles. The number of nitrogens with one attached hydrogen (secondary N) is 1. The van der Waals surface area contributed by atoms with Crippen LogP contribution in [0.1, 0.15) is 33.1 Å². The first kappa shape index (κ1) is 9.30. The standard InChI is InChI=1S/C10H17NO/c1-8(2)6-10(12)11-7-9-4-3-5-9/h6,9H,3-5,7H2,1-2H3,(H,11,12). The van der Waals surface area contributed by atoms with Crippen LogP contribution in [-0.4, -0.2) is 12.5 Å². The van der Waals surface area contributed by atoms with Gasteiger partial charge in [0.25, 0.3) is 0 Å². The van der Waals surface area contributed by atoms with Gasteiger partial charge in [0.05, 0.1) is 0 Å². The van der Waals surface area contributed by atoms with Crippen LogP contribution in [-0.2, 0) is 4.79 Å². The highest BCUT2D eigenvalue weighted by Crippen LogP contribution is 2.24. The van der Waals surface area contributed by atoms with Crippen molar-refractivity contribution in [1.82, 2.24) is 5.32 Å². The number of carbonyl (C=O) groups is 1. The van der Waals surface area contributed by atoms with Crippen LogP contribution >= 0.6 is 0 Å². The zero-order valence-electron chi connectivity index (χ0n) is 7.89. The average molecular weight is 167 g/mol.